The van der Waals surface area contributed by atoms with E-state index in [4.69, 9.17) is 28.4 Å². The van der Waals surface area contributed by atoms with Gasteiger partial charge in [0.25, 0.3) is 0 Å². The highest BCUT2D eigenvalue weighted by molar-refractivity contribution is 4.92. The van der Waals surface area contributed by atoms with Crippen molar-refractivity contribution in [3.8, 4) is 0 Å². The molecule has 20 heavy (non-hydrogen) atoms. The molecule has 6 heteroatoms. The van der Waals surface area contributed by atoms with Crippen molar-refractivity contribution in [2.24, 2.45) is 0 Å². The first-order valence-electron chi connectivity index (χ1n) is 7.01. The Kier molecular flexibility index (Phi) is 7.94. The van der Waals surface area contributed by atoms with Gasteiger partial charge in [0.1, 0.15) is 24.4 Å². The summed E-state index contributed by atoms with van der Waals surface area (Å²) in [4.78, 5) is 0. The minimum atomic E-state index is -0.494. The Morgan fingerprint density at radius 1 is 0.950 bits per heavy atom. The summed E-state index contributed by atoms with van der Waals surface area (Å²) in [6, 6.07) is 0. The van der Waals surface area contributed by atoms with Crippen LogP contribution >= 0.6 is 0 Å². The molecule has 0 aromatic carbocycles. The highest BCUT2D eigenvalue weighted by Crippen LogP contribution is 2.28. The van der Waals surface area contributed by atoms with Gasteiger partial charge in [0.15, 0.2) is 6.29 Å². The SMILES string of the molecule is CC[C@H](C)O[C@H]1O[C@H](COC)[C@H](OC)[C@H](OC)[C@H]1OC. The molecular formula is C14H28O6. The molecule has 1 saturated heterocycles. The molecule has 1 aliphatic heterocycles. The summed E-state index contributed by atoms with van der Waals surface area (Å²) in [7, 11) is 6.52. The van der Waals surface area contributed by atoms with Gasteiger partial charge in [-0.05, 0) is 13.3 Å². The molecule has 0 bridgehead atoms. The molecule has 1 heterocycles. The Balaban J connectivity index is 2.87. The lowest BCUT2D eigenvalue weighted by molar-refractivity contribution is -0.321. The predicted octanol–water partition coefficient (Wildman–Crippen LogP) is 1.22. The number of methoxy groups -OCH3 is 4. The van der Waals surface area contributed by atoms with Crippen LogP contribution in [0.4, 0.5) is 0 Å². The maximum atomic E-state index is 5.96. The van der Waals surface area contributed by atoms with Crippen LogP contribution in [-0.2, 0) is 28.4 Å². The van der Waals surface area contributed by atoms with Crippen LogP contribution in [0.3, 0.4) is 0 Å². The minimum Gasteiger partial charge on any atom is -0.382 e. The van der Waals surface area contributed by atoms with Crippen molar-refractivity contribution in [1.82, 2.24) is 0 Å². The topological polar surface area (TPSA) is 55.4 Å². The summed E-state index contributed by atoms with van der Waals surface area (Å²) in [6.07, 6.45) is -0.641. The van der Waals surface area contributed by atoms with E-state index in [1.807, 2.05) is 6.92 Å². The monoisotopic (exact) mass is 292 g/mol. The summed E-state index contributed by atoms with van der Waals surface area (Å²) in [6.45, 7) is 4.48. The first kappa shape index (κ1) is 17.8. The van der Waals surface area contributed by atoms with E-state index in [1.165, 1.54) is 0 Å². The maximum absolute atomic E-state index is 5.96. The largest absolute Gasteiger partial charge is 0.382 e. The molecule has 0 amide bonds. The van der Waals surface area contributed by atoms with Gasteiger partial charge in [0.05, 0.1) is 12.7 Å². The van der Waals surface area contributed by atoms with E-state index in [1.54, 1.807) is 28.4 Å². The zero-order chi connectivity index (χ0) is 15.1. The molecule has 1 fully saturated rings. The predicted molar refractivity (Wildman–Crippen MR) is 73.8 cm³/mol. The summed E-state index contributed by atoms with van der Waals surface area (Å²) in [5.41, 5.74) is 0. The molecule has 0 unspecified atom stereocenters. The molecule has 0 spiro atoms. The van der Waals surface area contributed by atoms with Crippen molar-refractivity contribution in [1.29, 1.82) is 0 Å². The second kappa shape index (κ2) is 8.92. The van der Waals surface area contributed by atoms with Gasteiger partial charge in [-0.1, -0.05) is 6.92 Å². The summed E-state index contributed by atoms with van der Waals surface area (Å²) >= 11 is 0. The van der Waals surface area contributed by atoms with Gasteiger partial charge >= 0.3 is 0 Å². The Morgan fingerprint density at radius 2 is 1.55 bits per heavy atom. The number of hydrogen-bond donors (Lipinski definition) is 0. The first-order chi connectivity index (χ1) is 9.62. The van der Waals surface area contributed by atoms with Crippen LogP contribution in [0.25, 0.3) is 0 Å². The minimum absolute atomic E-state index is 0.0810. The van der Waals surface area contributed by atoms with E-state index in [0.29, 0.717) is 6.61 Å². The molecule has 1 aliphatic rings. The quantitative estimate of drug-likeness (QED) is 0.670. The van der Waals surface area contributed by atoms with E-state index in [9.17, 15) is 0 Å². The van der Waals surface area contributed by atoms with E-state index in [0.717, 1.165) is 6.42 Å². The number of ether oxygens (including phenoxy) is 6. The summed E-state index contributed by atoms with van der Waals surface area (Å²) < 4.78 is 33.6. The van der Waals surface area contributed by atoms with Crippen molar-refractivity contribution in [3.05, 3.63) is 0 Å². The van der Waals surface area contributed by atoms with Crippen LogP contribution in [0.15, 0.2) is 0 Å². The fourth-order valence-electron chi connectivity index (χ4n) is 2.41. The summed E-state index contributed by atoms with van der Waals surface area (Å²) in [5, 5.41) is 0. The Bertz CT molecular complexity index is 262. The molecule has 0 saturated carbocycles. The van der Waals surface area contributed by atoms with Gasteiger partial charge in [0, 0.05) is 28.4 Å². The molecule has 0 aliphatic carbocycles. The zero-order valence-electron chi connectivity index (χ0n) is 13.3. The third-order valence-electron chi connectivity index (χ3n) is 3.68. The van der Waals surface area contributed by atoms with Crippen LogP contribution in [0, 0.1) is 0 Å². The highest BCUT2D eigenvalue weighted by Gasteiger charge is 2.47. The van der Waals surface area contributed by atoms with Gasteiger partial charge in [-0.15, -0.1) is 0 Å². The lowest BCUT2D eigenvalue weighted by Crippen LogP contribution is -2.61. The van der Waals surface area contributed by atoms with E-state index < -0.39 is 6.29 Å². The zero-order valence-corrected chi connectivity index (χ0v) is 13.3. The van der Waals surface area contributed by atoms with Gasteiger partial charge in [0.2, 0.25) is 0 Å². The lowest BCUT2D eigenvalue weighted by atomic mass is 9.98. The second-order valence-corrected chi connectivity index (χ2v) is 4.95. The van der Waals surface area contributed by atoms with Crippen molar-refractivity contribution < 1.29 is 28.4 Å². The summed E-state index contributed by atoms with van der Waals surface area (Å²) in [5.74, 6) is 0. The average Bonchev–Trinajstić information content (AvgIpc) is 2.46. The van der Waals surface area contributed by atoms with Crippen LogP contribution in [0.5, 0.6) is 0 Å². The maximum Gasteiger partial charge on any atom is 0.187 e. The first-order valence-corrected chi connectivity index (χ1v) is 7.01. The van der Waals surface area contributed by atoms with Gasteiger partial charge in [-0.25, -0.2) is 0 Å². The van der Waals surface area contributed by atoms with Crippen LogP contribution in [0.2, 0.25) is 0 Å². The normalized spacial score (nSPS) is 36.0. The third kappa shape index (κ3) is 4.13. The Hall–Kier alpha value is -0.240. The molecule has 6 nitrogen and oxygen atoms in total. The molecule has 6 atom stereocenters. The molecule has 1 rings (SSSR count). The lowest BCUT2D eigenvalue weighted by Gasteiger charge is -2.45. The molecular weight excluding hydrogens is 264 g/mol. The fraction of sp³-hybridized carbons (Fsp3) is 1.00. The molecule has 0 aromatic rings. The number of rotatable bonds is 8. The Morgan fingerprint density at radius 3 is 2.00 bits per heavy atom. The van der Waals surface area contributed by atoms with E-state index in [-0.39, 0.29) is 30.5 Å². The van der Waals surface area contributed by atoms with Gasteiger partial charge < -0.3 is 28.4 Å². The average molecular weight is 292 g/mol. The van der Waals surface area contributed by atoms with Crippen LogP contribution < -0.4 is 0 Å². The van der Waals surface area contributed by atoms with E-state index >= 15 is 0 Å². The van der Waals surface area contributed by atoms with Crippen LogP contribution in [-0.4, -0.2) is 71.9 Å². The fourth-order valence-corrected chi connectivity index (χ4v) is 2.41. The van der Waals surface area contributed by atoms with Crippen molar-refractivity contribution in [3.63, 3.8) is 0 Å². The molecule has 120 valence electrons. The van der Waals surface area contributed by atoms with Crippen molar-refractivity contribution in [2.75, 3.05) is 35.0 Å². The van der Waals surface area contributed by atoms with E-state index in [2.05, 4.69) is 6.92 Å². The molecule has 0 N–H and O–H groups in total. The second-order valence-electron chi connectivity index (χ2n) is 4.95. The Labute approximate surface area is 121 Å². The smallest absolute Gasteiger partial charge is 0.187 e. The van der Waals surface area contributed by atoms with Crippen molar-refractivity contribution in [2.45, 2.75) is 57.1 Å². The third-order valence-corrected chi connectivity index (χ3v) is 3.68. The van der Waals surface area contributed by atoms with Gasteiger partial charge in [-0.2, -0.15) is 0 Å². The number of hydrogen-bond acceptors (Lipinski definition) is 6. The molecule has 0 radical (unpaired) electrons. The highest BCUT2D eigenvalue weighted by atomic mass is 16.7. The standard InChI is InChI=1S/C14H28O6/c1-7-9(2)19-14-13(18-6)12(17-5)11(16-4)10(20-14)8-15-3/h9-14H,7-8H2,1-6H3/t9-,10+,11-,12-,13+,14-/m0/s1. The van der Waals surface area contributed by atoms with Crippen molar-refractivity contribution >= 4 is 0 Å². The molecule has 0 aromatic heterocycles. The van der Waals surface area contributed by atoms with Gasteiger partial charge in [-0.3, -0.25) is 0 Å². The van der Waals surface area contributed by atoms with Crippen LogP contribution in [0.1, 0.15) is 20.3 Å².